The second kappa shape index (κ2) is 4.48. The maximum absolute atomic E-state index is 11.8. The van der Waals surface area contributed by atoms with Crippen LogP contribution in [-0.4, -0.2) is 16.1 Å². The van der Waals surface area contributed by atoms with Crippen molar-refractivity contribution in [2.45, 2.75) is 32.9 Å². The molecule has 1 heterocycles. The van der Waals surface area contributed by atoms with Gasteiger partial charge in [0.15, 0.2) is 0 Å². The summed E-state index contributed by atoms with van der Waals surface area (Å²) in [5.41, 5.74) is 1.48. The SMILES string of the molecule is [CH2]c1cn(CC(=O)OC(C)(C)C)c2ccccc12. The molecule has 2 aromatic rings. The fourth-order valence-electron chi connectivity index (χ4n) is 1.97. The molecule has 95 valence electrons. The summed E-state index contributed by atoms with van der Waals surface area (Å²) in [6, 6.07) is 7.90. The summed E-state index contributed by atoms with van der Waals surface area (Å²) in [6.07, 6.45) is 1.88. The van der Waals surface area contributed by atoms with Gasteiger partial charge in [-0.2, -0.15) is 0 Å². The third-order valence-electron chi connectivity index (χ3n) is 2.59. The Labute approximate surface area is 107 Å². The molecule has 0 amide bonds. The molecule has 0 aliphatic carbocycles. The molecule has 0 spiro atoms. The van der Waals surface area contributed by atoms with E-state index in [2.05, 4.69) is 6.92 Å². The molecule has 3 heteroatoms. The standard InChI is InChI=1S/C15H18NO2/c1-11-9-16(10-14(17)18-15(2,3)4)13-8-6-5-7-12(11)13/h5-9H,1,10H2,2-4H3. The molecule has 0 aliphatic rings. The normalized spacial score (nSPS) is 11.8. The number of fused-ring (bicyclic) bond motifs is 1. The van der Waals surface area contributed by atoms with E-state index in [0.717, 1.165) is 16.5 Å². The molecule has 1 aromatic heterocycles. The quantitative estimate of drug-likeness (QED) is 0.760. The van der Waals surface area contributed by atoms with E-state index < -0.39 is 5.60 Å². The molecule has 0 fully saturated rings. The zero-order chi connectivity index (χ0) is 13.3. The number of hydrogen-bond donors (Lipinski definition) is 0. The monoisotopic (exact) mass is 244 g/mol. The minimum absolute atomic E-state index is 0.216. The zero-order valence-corrected chi connectivity index (χ0v) is 11.1. The number of hydrogen-bond acceptors (Lipinski definition) is 2. The molecule has 0 aliphatic heterocycles. The average molecular weight is 244 g/mol. The van der Waals surface area contributed by atoms with Crippen LogP contribution < -0.4 is 0 Å². The number of esters is 1. The first-order valence-electron chi connectivity index (χ1n) is 5.98. The van der Waals surface area contributed by atoms with Crippen molar-refractivity contribution in [1.29, 1.82) is 0 Å². The average Bonchev–Trinajstić information content (AvgIpc) is 2.54. The Morgan fingerprint density at radius 1 is 1.33 bits per heavy atom. The number of para-hydroxylation sites is 1. The van der Waals surface area contributed by atoms with Crippen LogP contribution in [0.15, 0.2) is 30.5 Å². The predicted molar refractivity (Wildman–Crippen MR) is 72.2 cm³/mol. The molecule has 0 atom stereocenters. The van der Waals surface area contributed by atoms with Crippen molar-refractivity contribution >= 4 is 16.9 Å². The first-order chi connectivity index (χ1) is 8.37. The molecule has 2 rings (SSSR count). The van der Waals surface area contributed by atoms with Crippen molar-refractivity contribution in [2.24, 2.45) is 0 Å². The van der Waals surface area contributed by atoms with Crippen LogP contribution in [0.3, 0.4) is 0 Å². The number of ether oxygens (including phenoxy) is 1. The van der Waals surface area contributed by atoms with Crippen LogP contribution >= 0.6 is 0 Å². The second-order valence-corrected chi connectivity index (χ2v) is 5.39. The summed E-state index contributed by atoms with van der Waals surface area (Å²) in [6.45, 7) is 9.79. The maximum Gasteiger partial charge on any atom is 0.326 e. The molecule has 0 unspecified atom stereocenters. The van der Waals surface area contributed by atoms with Crippen LogP contribution in [0.1, 0.15) is 26.3 Å². The lowest BCUT2D eigenvalue weighted by Crippen LogP contribution is -2.26. The minimum atomic E-state index is -0.451. The summed E-state index contributed by atoms with van der Waals surface area (Å²) >= 11 is 0. The molecule has 0 N–H and O–H groups in total. The molecule has 18 heavy (non-hydrogen) atoms. The van der Waals surface area contributed by atoms with Gasteiger partial charge in [0.05, 0.1) is 0 Å². The van der Waals surface area contributed by atoms with Crippen molar-refractivity contribution in [3.8, 4) is 0 Å². The van der Waals surface area contributed by atoms with Gasteiger partial charge in [-0.1, -0.05) is 18.2 Å². The Bertz CT molecular complexity index is 576. The molecule has 1 radical (unpaired) electrons. The van der Waals surface area contributed by atoms with Gasteiger partial charge < -0.3 is 9.30 Å². The number of carbonyl (C=O) groups is 1. The van der Waals surface area contributed by atoms with Gasteiger partial charge in [0.2, 0.25) is 0 Å². The van der Waals surface area contributed by atoms with Crippen LogP contribution in [0, 0.1) is 6.92 Å². The first-order valence-corrected chi connectivity index (χ1v) is 5.98. The summed E-state index contributed by atoms with van der Waals surface area (Å²) in [5, 5.41) is 1.07. The van der Waals surface area contributed by atoms with Gasteiger partial charge in [-0.05, 0) is 39.3 Å². The summed E-state index contributed by atoms with van der Waals surface area (Å²) in [7, 11) is 0. The predicted octanol–water partition coefficient (Wildman–Crippen LogP) is 3.17. The van der Waals surface area contributed by atoms with Gasteiger partial charge >= 0.3 is 5.97 Å². The number of aromatic nitrogens is 1. The Kier molecular flexibility index (Phi) is 3.16. The van der Waals surface area contributed by atoms with E-state index in [9.17, 15) is 4.79 Å². The Morgan fingerprint density at radius 3 is 2.67 bits per heavy atom. The number of rotatable bonds is 2. The molecule has 0 saturated heterocycles. The van der Waals surface area contributed by atoms with E-state index in [1.54, 1.807) is 0 Å². The van der Waals surface area contributed by atoms with E-state index in [4.69, 9.17) is 4.74 Å². The highest BCUT2D eigenvalue weighted by Gasteiger charge is 2.17. The van der Waals surface area contributed by atoms with Gasteiger partial charge in [-0.25, -0.2) is 0 Å². The minimum Gasteiger partial charge on any atom is -0.459 e. The fraction of sp³-hybridized carbons (Fsp3) is 0.333. The summed E-state index contributed by atoms with van der Waals surface area (Å²) < 4.78 is 7.20. The largest absolute Gasteiger partial charge is 0.459 e. The number of benzene rings is 1. The molecule has 0 bridgehead atoms. The second-order valence-electron chi connectivity index (χ2n) is 5.39. The van der Waals surface area contributed by atoms with Crippen molar-refractivity contribution in [3.05, 3.63) is 42.9 Å². The Hall–Kier alpha value is -1.77. The lowest BCUT2D eigenvalue weighted by atomic mass is 10.2. The molecular weight excluding hydrogens is 226 g/mol. The Balaban J connectivity index is 2.25. The van der Waals surface area contributed by atoms with Gasteiger partial charge in [-0.3, -0.25) is 4.79 Å². The lowest BCUT2D eigenvalue weighted by Gasteiger charge is -2.19. The van der Waals surface area contributed by atoms with E-state index in [-0.39, 0.29) is 12.5 Å². The van der Waals surface area contributed by atoms with Gasteiger partial charge in [0, 0.05) is 17.1 Å². The van der Waals surface area contributed by atoms with E-state index >= 15 is 0 Å². The number of nitrogens with zero attached hydrogens (tertiary/aromatic N) is 1. The maximum atomic E-state index is 11.8. The summed E-state index contributed by atoms with van der Waals surface area (Å²) in [5.74, 6) is -0.233. The van der Waals surface area contributed by atoms with E-state index in [0.29, 0.717) is 0 Å². The van der Waals surface area contributed by atoms with Crippen molar-refractivity contribution in [1.82, 2.24) is 4.57 Å². The molecular formula is C15H18NO2. The topological polar surface area (TPSA) is 31.2 Å². The van der Waals surface area contributed by atoms with Crippen LogP contribution in [0.5, 0.6) is 0 Å². The first kappa shape index (κ1) is 12.7. The third kappa shape index (κ3) is 2.73. The van der Waals surface area contributed by atoms with Crippen LogP contribution in [0.4, 0.5) is 0 Å². The van der Waals surface area contributed by atoms with Gasteiger partial charge in [0.25, 0.3) is 0 Å². The van der Waals surface area contributed by atoms with Crippen molar-refractivity contribution in [3.63, 3.8) is 0 Å². The van der Waals surface area contributed by atoms with Crippen molar-refractivity contribution in [2.75, 3.05) is 0 Å². The van der Waals surface area contributed by atoms with Gasteiger partial charge in [0.1, 0.15) is 12.1 Å². The smallest absolute Gasteiger partial charge is 0.326 e. The zero-order valence-electron chi connectivity index (χ0n) is 11.1. The molecule has 3 nitrogen and oxygen atoms in total. The van der Waals surface area contributed by atoms with E-state index in [1.165, 1.54) is 0 Å². The van der Waals surface area contributed by atoms with Crippen LogP contribution in [-0.2, 0) is 16.1 Å². The summed E-state index contributed by atoms with van der Waals surface area (Å²) in [4.78, 5) is 11.8. The number of carbonyl (C=O) groups excluding carboxylic acids is 1. The van der Waals surface area contributed by atoms with Crippen molar-refractivity contribution < 1.29 is 9.53 Å². The van der Waals surface area contributed by atoms with E-state index in [1.807, 2.05) is 55.8 Å². The lowest BCUT2D eigenvalue weighted by molar-refractivity contribution is -0.155. The van der Waals surface area contributed by atoms with Gasteiger partial charge in [-0.15, -0.1) is 0 Å². The van der Waals surface area contributed by atoms with Crippen LogP contribution in [0.2, 0.25) is 0 Å². The highest BCUT2D eigenvalue weighted by atomic mass is 16.6. The molecule has 1 aromatic carbocycles. The van der Waals surface area contributed by atoms with Crippen LogP contribution in [0.25, 0.3) is 10.9 Å². The fourth-order valence-corrected chi connectivity index (χ4v) is 1.97. The highest BCUT2D eigenvalue weighted by molar-refractivity contribution is 5.86. The highest BCUT2D eigenvalue weighted by Crippen LogP contribution is 2.20. The third-order valence-corrected chi connectivity index (χ3v) is 2.59. The molecule has 0 saturated carbocycles. The Morgan fingerprint density at radius 2 is 2.00 bits per heavy atom.